The van der Waals surface area contributed by atoms with Crippen LogP contribution in [0.2, 0.25) is 0 Å². The van der Waals surface area contributed by atoms with Gasteiger partial charge in [0, 0.05) is 17.4 Å². The monoisotopic (exact) mass is 178 g/mol. The van der Waals surface area contributed by atoms with Crippen LogP contribution in [0.5, 0.6) is 0 Å². The lowest BCUT2D eigenvalue weighted by Gasteiger charge is -2.27. The quantitative estimate of drug-likeness (QED) is 0.696. The number of hydrogen-bond acceptors (Lipinski definition) is 1. The van der Waals surface area contributed by atoms with Crippen LogP contribution < -0.4 is 5.32 Å². The second kappa shape index (κ2) is 3.54. The minimum absolute atomic E-state index is 0.733. The van der Waals surface area contributed by atoms with Gasteiger partial charge in [0.15, 0.2) is 0 Å². The van der Waals surface area contributed by atoms with Gasteiger partial charge in [0.25, 0.3) is 0 Å². The molecule has 2 heteroatoms. The van der Waals surface area contributed by atoms with Crippen LogP contribution >= 0.6 is 0 Å². The molecule has 72 valence electrons. The normalized spacial score (nSPS) is 19.2. The van der Waals surface area contributed by atoms with Crippen molar-refractivity contribution in [1.82, 2.24) is 9.88 Å². The first-order chi connectivity index (χ1) is 6.29. The zero-order valence-corrected chi connectivity index (χ0v) is 8.51. The fourth-order valence-corrected chi connectivity index (χ4v) is 2.32. The third-order valence-corrected chi connectivity index (χ3v) is 3.00. The van der Waals surface area contributed by atoms with E-state index in [2.05, 4.69) is 35.9 Å². The second-order valence-corrected chi connectivity index (χ2v) is 3.97. The summed E-state index contributed by atoms with van der Waals surface area (Å²) in [6.07, 6.45) is 2.55. The SMILES string of the molecule is Cc1ccc(C)n1C1CCNCC1. The molecule has 1 aliphatic rings. The number of nitrogens with zero attached hydrogens (tertiary/aromatic N) is 1. The summed E-state index contributed by atoms with van der Waals surface area (Å²) >= 11 is 0. The second-order valence-electron chi connectivity index (χ2n) is 3.97. The number of rotatable bonds is 1. The maximum atomic E-state index is 3.40. The van der Waals surface area contributed by atoms with Crippen molar-refractivity contribution in [3.8, 4) is 0 Å². The molecule has 1 N–H and O–H groups in total. The van der Waals surface area contributed by atoms with Crippen LogP contribution in [0.3, 0.4) is 0 Å². The van der Waals surface area contributed by atoms with Gasteiger partial charge in [-0.15, -0.1) is 0 Å². The molecule has 0 spiro atoms. The molecule has 1 fully saturated rings. The molecule has 0 aliphatic carbocycles. The highest BCUT2D eigenvalue weighted by atomic mass is 15.0. The lowest BCUT2D eigenvalue weighted by molar-refractivity contribution is 0.360. The molecule has 0 aromatic carbocycles. The molecule has 2 rings (SSSR count). The lowest BCUT2D eigenvalue weighted by Crippen LogP contribution is -2.30. The van der Waals surface area contributed by atoms with Gasteiger partial charge in [-0.25, -0.2) is 0 Å². The molecule has 13 heavy (non-hydrogen) atoms. The van der Waals surface area contributed by atoms with Gasteiger partial charge in [-0.2, -0.15) is 0 Å². The van der Waals surface area contributed by atoms with Crippen molar-refractivity contribution >= 4 is 0 Å². The Bertz CT molecular complexity index is 263. The van der Waals surface area contributed by atoms with E-state index in [0.29, 0.717) is 0 Å². The summed E-state index contributed by atoms with van der Waals surface area (Å²) in [4.78, 5) is 0. The summed E-state index contributed by atoms with van der Waals surface area (Å²) in [7, 11) is 0. The van der Waals surface area contributed by atoms with E-state index in [9.17, 15) is 0 Å². The highest BCUT2D eigenvalue weighted by Gasteiger charge is 2.16. The van der Waals surface area contributed by atoms with Gasteiger partial charge in [-0.3, -0.25) is 0 Å². The Morgan fingerprint density at radius 3 is 2.23 bits per heavy atom. The summed E-state index contributed by atoms with van der Waals surface area (Å²) in [5, 5.41) is 3.40. The Hall–Kier alpha value is -0.760. The van der Waals surface area contributed by atoms with Crippen LogP contribution in [-0.2, 0) is 0 Å². The van der Waals surface area contributed by atoms with Gasteiger partial charge in [0.05, 0.1) is 0 Å². The zero-order valence-electron chi connectivity index (χ0n) is 8.51. The van der Waals surface area contributed by atoms with Crippen LogP contribution in [0.25, 0.3) is 0 Å². The molecule has 0 radical (unpaired) electrons. The fourth-order valence-electron chi connectivity index (χ4n) is 2.32. The lowest BCUT2D eigenvalue weighted by atomic mass is 10.1. The van der Waals surface area contributed by atoms with Gasteiger partial charge in [0.2, 0.25) is 0 Å². The van der Waals surface area contributed by atoms with Crippen molar-refractivity contribution in [3.63, 3.8) is 0 Å². The van der Waals surface area contributed by atoms with Crippen molar-refractivity contribution in [2.24, 2.45) is 0 Å². The Morgan fingerprint density at radius 2 is 1.69 bits per heavy atom. The molecule has 1 aromatic rings. The average Bonchev–Trinajstić information content (AvgIpc) is 2.48. The standard InChI is InChI=1S/C11H18N2/c1-9-3-4-10(2)13(9)11-5-7-12-8-6-11/h3-4,11-12H,5-8H2,1-2H3. The molecule has 0 saturated carbocycles. The first-order valence-corrected chi connectivity index (χ1v) is 5.14. The number of hydrogen-bond donors (Lipinski definition) is 1. The maximum Gasteiger partial charge on any atom is 0.0359 e. The molecular formula is C11H18N2. The molecule has 0 atom stereocenters. The minimum atomic E-state index is 0.733. The summed E-state index contributed by atoms with van der Waals surface area (Å²) in [6.45, 7) is 6.74. The smallest absolute Gasteiger partial charge is 0.0359 e. The molecule has 2 nitrogen and oxygen atoms in total. The molecular weight excluding hydrogens is 160 g/mol. The zero-order chi connectivity index (χ0) is 9.26. The van der Waals surface area contributed by atoms with Crippen LogP contribution in [0.15, 0.2) is 12.1 Å². The van der Waals surface area contributed by atoms with Gasteiger partial charge in [0.1, 0.15) is 0 Å². The number of aromatic nitrogens is 1. The Labute approximate surface area is 79.9 Å². The van der Waals surface area contributed by atoms with Gasteiger partial charge in [-0.1, -0.05) is 0 Å². The van der Waals surface area contributed by atoms with E-state index in [4.69, 9.17) is 0 Å². The van der Waals surface area contributed by atoms with Crippen molar-refractivity contribution in [1.29, 1.82) is 0 Å². The van der Waals surface area contributed by atoms with E-state index < -0.39 is 0 Å². The van der Waals surface area contributed by atoms with E-state index in [1.807, 2.05) is 0 Å². The largest absolute Gasteiger partial charge is 0.346 e. The van der Waals surface area contributed by atoms with E-state index in [0.717, 1.165) is 6.04 Å². The molecule has 1 aliphatic heterocycles. The van der Waals surface area contributed by atoms with E-state index >= 15 is 0 Å². The predicted octanol–water partition coefficient (Wildman–Crippen LogP) is 2.03. The van der Waals surface area contributed by atoms with Crippen LogP contribution in [0, 0.1) is 13.8 Å². The van der Waals surface area contributed by atoms with Gasteiger partial charge >= 0.3 is 0 Å². The molecule has 2 heterocycles. The summed E-state index contributed by atoms with van der Waals surface area (Å²) in [5.74, 6) is 0. The Kier molecular flexibility index (Phi) is 2.40. The highest BCUT2D eigenvalue weighted by molar-refractivity contribution is 5.15. The van der Waals surface area contributed by atoms with Crippen LogP contribution in [-0.4, -0.2) is 17.7 Å². The maximum absolute atomic E-state index is 3.40. The number of nitrogens with one attached hydrogen (secondary N) is 1. The average molecular weight is 178 g/mol. The number of aryl methyl sites for hydroxylation is 2. The van der Waals surface area contributed by atoms with Crippen molar-refractivity contribution in [2.45, 2.75) is 32.7 Å². The summed E-state index contributed by atoms with van der Waals surface area (Å²) < 4.78 is 2.49. The molecule has 0 bridgehead atoms. The third-order valence-electron chi connectivity index (χ3n) is 3.00. The van der Waals surface area contributed by atoms with Crippen molar-refractivity contribution in [3.05, 3.63) is 23.5 Å². The van der Waals surface area contributed by atoms with Crippen molar-refractivity contribution in [2.75, 3.05) is 13.1 Å². The minimum Gasteiger partial charge on any atom is -0.346 e. The van der Waals surface area contributed by atoms with Crippen LogP contribution in [0.1, 0.15) is 30.3 Å². The summed E-state index contributed by atoms with van der Waals surface area (Å²) in [6, 6.07) is 5.17. The first kappa shape index (κ1) is 8.82. The predicted molar refractivity (Wildman–Crippen MR) is 55.0 cm³/mol. The van der Waals surface area contributed by atoms with E-state index in [1.165, 1.54) is 37.3 Å². The topological polar surface area (TPSA) is 17.0 Å². The molecule has 1 aromatic heterocycles. The van der Waals surface area contributed by atoms with Crippen molar-refractivity contribution < 1.29 is 0 Å². The molecule has 1 saturated heterocycles. The third kappa shape index (κ3) is 1.63. The van der Waals surface area contributed by atoms with Crippen LogP contribution in [0.4, 0.5) is 0 Å². The Morgan fingerprint density at radius 1 is 1.15 bits per heavy atom. The van der Waals surface area contributed by atoms with E-state index in [1.54, 1.807) is 0 Å². The number of piperidine rings is 1. The molecule has 0 unspecified atom stereocenters. The Balaban J connectivity index is 2.22. The fraction of sp³-hybridized carbons (Fsp3) is 0.636. The first-order valence-electron chi connectivity index (χ1n) is 5.14. The van der Waals surface area contributed by atoms with Gasteiger partial charge < -0.3 is 9.88 Å². The summed E-state index contributed by atoms with van der Waals surface area (Å²) in [5.41, 5.74) is 2.81. The highest BCUT2D eigenvalue weighted by Crippen LogP contribution is 2.23. The van der Waals surface area contributed by atoms with Gasteiger partial charge in [-0.05, 0) is 51.9 Å². The van der Waals surface area contributed by atoms with E-state index in [-0.39, 0.29) is 0 Å². The molecule has 0 amide bonds.